The molecule has 0 unspecified atom stereocenters. The van der Waals surface area contributed by atoms with Gasteiger partial charge in [0.1, 0.15) is 17.7 Å². The molecule has 1 aromatic carbocycles. The minimum atomic E-state index is 0.00350. The van der Waals surface area contributed by atoms with E-state index in [1.54, 1.807) is 36.4 Å². The maximum atomic E-state index is 12.8. The molecule has 2 N–H and O–H groups in total. The molecule has 1 aromatic rings. The van der Waals surface area contributed by atoms with Gasteiger partial charge in [-0.1, -0.05) is 0 Å². The molecule has 132 valence electrons. The molecule has 0 spiro atoms. The van der Waals surface area contributed by atoms with Crippen LogP contribution in [0.1, 0.15) is 48.9 Å². The van der Waals surface area contributed by atoms with Crippen LogP contribution >= 0.6 is 0 Å². The molecule has 4 aliphatic rings. The highest BCUT2D eigenvalue weighted by Gasteiger charge is 2.51. The summed E-state index contributed by atoms with van der Waals surface area (Å²) in [4.78, 5) is 12.8. The standard InChI is InChI=1S/C21H22N4O/c22-11-17(12-23)13-24-19-3-1-18(2-4-19)20(26)25-21-8-14-5-15(9-21)7-16(6-14)10-21/h1-4,13-16,24H,5-10H2,(H,25,26). The molecule has 0 aliphatic heterocycles. The monoisotopic (exact) mass is 346 g/mol. The van der Waals surface area contributed by atoms with Crippen molar-refractivity contribution >= 4 is 11.6 Å². The van der Waals surface area contributed by atoms with Gasteiger partial charge in [-0.25, -0.2) is 0 Å². The molecular weight excluding hydrogens is 324 g/mol. The van der Waals surface area contributed by atoms with E-state index < -0.39 is 0 Å². The van der Waals surface area contributed by atoms with E-state index in [0.29, 0.717) is 5.56 Å². The maximum absolute atomic E-state index is 12.8. The Balaban J connectivity index is 1.42. The number of anilines is 1. The Hall–Kier alpha value is -2.79. The van der Waals surface area contributed by atoms with Gasteiger partial charge in [0.15, 0.2) is 0 Å². The molecule has 4 fully saturated rings. The Morgan fingerprint density at radius 2 is 1.54 bits per heavy atom. The van der Waals surface area contributed by atoms with Gasteiger partial charge in [0.05, 0.1) is 0 Å². The topological polar surface area (TPSA) is 88.7 Å². The van der Waals surface area contributed by atoms with Gasteiger partial charge in [0.2, 0.25) is 0 Å². The van der Waals surface area contributed by atoms with Gasteiger partial charge in [-0.3, -0.25) is 4.79 Å². The number of benzene rings is 1. The van der Waals surface area contributed by atoms with Gasteiger partial charge in [-0.2, -0.15) is 10.5 Å². The molecule has 0 aromatic heterocycles. The third kappa shape index (κ3) is 3.18. The molecule has 5 nitrogen and oxygen atoms in total. The van der Waals surface area contributed by atoms with Crippen molar-refractivity contribution in [2.24, 2.45) is 17.8 Å². The Morgan fingerprint density at radius 3 is 2.04 bits per heavy atom. The fourth-order valence-electron chi connectivity index (χ4n) is 5.54. The van der Waals surface area contributed by atoms with E-state index in [1.807, 2.05) is 0 Å². The second-order valence-electron chi connectivity index (χ2n) is 8.16. The van der Waals surface area contributed by atoms with Crippen LogP contribution in [0.2, 0.25) is 0 Å². The van der Waals surface area contributed by atoms with Crippen LogP contribution in [-0.2, 0) is 0 Å². The molecule has 5 rings (SSSR count). The number of carbonyl (C=O) groups is 1. The van der Waals surface area contributed by atoms with Crippen molar-refractivity contribution in [2.75, 3.05) is 5.32 Å². The van der Waals surface area contributed by atoms with Gasteiger partial charge in [-0.05, 0) is 80.5 Å². The van der Waals surface area contributed by atoms with E-state index in [0.717, 1.165) is 42.7 Å². The molecule has 0 saturated heterocycles. The highest BCUT2D eigenvalue weighted by atomic mass is 16.1. The first-order valence-electron chi connectivity index (χ1n) is 9.28. The molecule has 0 atom stereocenters. The average molecular weight is 346 g/mol. The van der Waals surface area contributed by atoms with Crippen LogP contribution in [-0.4, -0.2) is 11.4 Å². The minimum Gasteiger partial charge on any atom is -0.360 e. The molecule has 4 saturated carbocycles. The van der Waals surface area contributed by atoms with Gasteiger partial charge < -0.3 is 10.6 Å². The lowest BCUT2D eigenvalue weighted by atomic mass is 9.53. The van der Waals surface area contributed by atoms with Crippen LogP contribution in [0.5, 0.6) is 0 Å². The molecule has 0 radical (unpaired) electrons. The first kappa shape index (κ1) is 16.7. The van der Waals surface area contributed by atoms with E-state index in [9.17, 15) is 4.79 Å². The minimum absolute atomic E-state index is 0.00350. The number of rotatable bonds is 4. The van der Waals surface area contributed by atoms with Crippen molar-refractivity contribution in [3.63, 3.8) is 0 Å². The van der Waals surface area contributed by atoms with Gasteiger partial charge >= 0.3 is 0 Å². The molecule has 0 heterocycles. The van der Waals surface area contributed by atoms with E-state index >= 15 is 0 Å². The zero-order chi connectivity index (χ0) is 18.1. The second kappa shape index (κ2) is 6.50. The quantitative estimate of drug-likeness (QED) is 0.813. The number of nitrogens with zero attached hydrogens (tertiary/aromatic N) is 2. The van der Waals surface area contributed by atoms with Crippen molar-refractivity contribution < 1.29 is 4.79 Å². The Morgan fingerprint density at radius 1 is 1.00 bits per heavy atom. The van der Waals surface area contributed by atoms with Gasteiger partial charge in [-0.15, -0.1) is 0 Å². The summed E-state index contributed by atoms with van der Waals surface area (Å²) in [6, 6.07) is 10.7. The predicted molar refractivity (Wildman–Crippen MR) is 97.7 cm³/mol. The van der Waals surface area contributed by atoms with Crippen LogP contribution in [0.4, 0.5) is 5.69 Å². The summed E-state index contributed by atoms with van der Waals surface area (Å²) in [5.41, 5.74) is 1.41. The van der Waals surface area contributed by atoms with Crippen LogP contribution in [0.25, 0.3) is 0 Å². The lowest BCUT2D eigenvalue weighted by molar-refractivity contribution is -0.0167. The number of allylic oxidation sites excluding steroid dienone is 1. The second-order valence-corrected chi connectivity index (χ2v) is 8.16. The Kier molecular flexibility index (Phi) is 4.17. The number of carbonyl (C=O) groups excluding carboxylic acids is 1. The highest BCUT2D eigenvalue weighted by molar-refractivity contribution is 5.95. The van der Waals surface area contributed by atoms with Crippen LogP contribution in [0, 0.1) is 40.4 Å². The van der Waals surface area contributed by atoms with E-state index in [4.69, 9.17) is 10.5 Å². The summed E-state index contributed by atoms with van der Waals surface area (Å²) in [7, 11) is 0. The molecule has 4 bridgehead atoms. The predicted octanol–water partition coefficient (Wildman–Crippen LogP) is 3.73. The third-order valence-electron chi connectivity index (χ3n) is 6.19. The summed E-state index contributed by atoms with van der Waals surface area (Å²) in [6.45, 7) is 0. The van der Waals surface area contributed by atoms with Crippen molar-refractivity contribution in [3.05, 3.63) is 41.6 Å². The maximum Gasteiger partial charge on any atom is 0.251 e. The van der Waals surface area contributed by atoms with Crippen LogP contribution in [0.15, 0.2) is 36.0 Å². The lowest BCUT2D eigenvalue weighted by Gasteiger charge is -2.56. The van der Waals surface area contributed by atoms with Crippen LogP contribution in [0.3, 0.4) is 0 Å². The zero-order valence-electron chi connectivity index (χ0n) is 14.7. The van der Waals surface area contributed by atoms with Crippen LogP contribution < -0.4 is 10.6 Å². The van der Waals surface area contributed by atoms with E-state index in [1.165, 1.54) is 25.5 Å². The largest absolute Gasteiger partial charge is 0.360 e. The number of hydrogen-bond donors (Lipinski definition) is 2. The summed E-state index contributed by atoms with van der Waals surface area (Å²) >= 11 is 0. The number of nitrogens with one attached hydrogen (secondary N) is 2. The van der Waals surface area contributed by atoms with Gasteiger partial charge in [0.25, 0.3) is 5.91 Å². The third-order valence-corrected chi connectivity index (χ3v) is 6.19. The molecule has 5 heteroatoms. The summed E-state index contributed by atoms with van der Waals surface area (Å²) in [6.07, 6.45) is 8.86. The number of nitriles is 2. The molecular formula is C21H22N4O. The molecule has 26 heavy (non-hydrogen) atoms. The summed E-state index contributed by atoms with van der Waals surface area (Å²) in [5, 5.41) is 23.7. The summed E-state index contributed by atoms with van der Waals surface area (Å²) < 4.78 is 0. The van der Waals surface area contributed by atoms with E-state index in [-0.39, 0.29) is 17.0 Å². The lowest BCUT2D eigenvalue weighted by Crippen LogP contribution is -2.59. The Bertz CT molecular complexity index is 774. The van der Waals surface area contributed by atoms with E-state index in [2.05, 4.69) is 10.6 Å². The first-order valence-corrected chi connectivity index (χ1v) is 9.28. The van der Waals surface area contributed by atoms with Crippen molar-refractivity contribution in [2.45, 2.75) is 44.1 Å². The Labute approximate surface area is 153 Å². The van der Waals surface area contributed by atoms with Gasteiger partial charge in [0, 0.05) is 23.0 Å². The molecule has 1 amide bonds. The SMILES string of the molecule is N#CC(C#N)=CNc1ccc(C(=O)NC23CC4CC(CC(C4)C2)C3)cc1. The highest BCUT2D eigenvalue weighted by Crippen LogP contribution is 2.55. The van der Waals surface area contributed by atoms with Crippen molar-refractivity contribution in [3.8, 4) is 12.1 Å². The zero-order valence-corrected chi connectivity index (χ0v) is 14.7. The molecule has 4 aliphatic carbocycles. The smallest absolute Gasteiger partial charge is 0.251 e. The summed E-state index contributed by atoms with van der Waals surface area (Å²) in [5.74, 6) is 2.40. The number of amides is 1. The van der Waals surface area contributed by atoms with Crippen molar-refractivity contribution in [1.82, 2.24) is 5.32 Å². The fraction of sp³-hybridized carbons (Fsp3) is 0.476. The number of hydrogen-bond acceptors (Lipinski definition) is 4. The fourth-order valence-corrected chi connectivity index (χ4v) is 5.54. The first-order chi connectivity index (χ1) is 12.6. The van der Waals surface area contributed by atoms with Crippen molar-refractivity contribution in [1.29, 1.82) is 10.5 Å². The normalized spacial score (nSPS) is 30.8. The average Bonchev–Trinajstić information content (AvgIpc) is 2.61.